The Morgan fingerprint density at radius 2 is 1.82 bits per heavy atom. The van der Waals surface area contributed by atoms with Gasteiger partial charge in [-0.3, -0.25) is 4.68 Å². The lowest BCUT2D eigenvalue weighted by Crippen LogP contribution is -1.97. The van der Waals surface area contributed by atoms with Gasteiger partial charge < -0.3 is 0 Å². The SMILES string of the molecule is SCCCCCn1cc(-c2ccccc2)cn1. The smallest absolute Gasteiger partial charge is 0.0568 e. The van der Waals surface area contributed by atoms with E-state index in [-0.39, 0.29) is 0 Å². The predicted molar refractivity (Wildman–Crippen MR) is 75.4 cm³/mol. The van der Waals surface area contributed by atoms with Crippen LogP contribution in [-0.4, -0.2) is 15.5 Å². The van der Waals surface area contributed by atoms with Crippen molar-refractivity contribution in [1.82, 2.24) is 9.78 Å². The van der Waals surface area contributed by atoms with E-state index >= 15 is 0 Å². The molecule has 2 nitrogen and oxygen atoms in total. The van der Waals surface area contributed by atoms with Gasteiger partial charge in [-0.15, -0.1) is 0 Å². The largest absolute Gasteiger partial charge is 0.272 e. The average molecular weight is 246 g/mol. The zero-order valence-corrected chi connectivity index (χ0v) is 10.8. The van der Waals surface area contributed by atoms with Gasteiger partial charge in [0.2, 0.25) is 0 Å². The Hall–Kier alpha value is -1.22. The van der Waals surface area contributed by atoms with Gasteiger partial charge in [-0.25, -0.2) is 0 Å². The van der Waals surface area contributed by atoms with Crippen LogP contribution < -0.4 is 0 Å². The molecule has 0 bridgehead atoms. The van der Waals surface area contributed by atoms with E-state index in [0.717, 1.165) is 12.3 Å². The van der Waals surface area contributed by atoms with Crippen molar-refractivity contribution >= 4 is 12.6 Å². The molecule has 17 heavy (non-hydrogen) atoms. The van der Waals surface area contributed by atoms with E-state index < -0.39 is 0 Å². The second kappa shape index (κ2) is 6.50. The maximum Gasteiger partial charge on any atom is 0.0568 e. The molecule has 1 aromatic carbocycles. The highest BCUT2D eigenvalue weighted by Crippen LogP contribution is 2.17. The lowest BCUT2D eigenvalue weighted by atomic mass is 10.1. The molecule has 3 heteroatoms. The number of benzene rings is 1. The molecule has 0 radical (unpaired) electrons. The van der Waals surface area contributed by atoms with E-state index in [0.29, 0.717) is 0 Å². The Morgan fingerprint density at radius 1 is 1.00 bits per heavy atom. The number of nitrogens with zero attached hydrogens (tertiary/aromatic N) is 2. The van der Waals surface area contributed by atoms with E-state index in [9.17, 15) is 0 Å². The lowest BCUT2D eigenvalue weighted by molar-refractivity contribution is 0.555. The third-order valence-corrected chi connectivity index (χ3v) is 3.10. The fourth-order valence-electron chi connectivity index (χ4n) is 1.83. The summed E-state index contributed by atoms with van der Waals surface area (Å²) < 4.78 is 2.03. The van der Waals surface area contributed by atoms with Gasteiger partial charge in [-0.1, -0.05) is 36.8 Å². The first-order chi connectivity index (χ1) is 8.40. The van der Waals surface area contributed by atoms with Gasteiger partial charge in [0.1, 0.15) is 0 Å². The van der Waals surface area contributed by atoms with Gasteiger partial charge in [-0.05, 0) is 24.2 Å². The van der Waals surface area contributed by atoms with Crippen LogP contribution in [0.3, 0.4) is 0 Å². The van der Waals surface area contributed by atoms with E-state index in [1.165, 1.54) is 30.4 Å². The summed E-state index contributed by atoms with van der Waals surface area (Å²) in [6, 6.07) is 10.4. The molecule has 1 heterocycles. The second-order valence-corrected chi connectivity index (χ2v) is 4.59. The zero-order chi connectivity index (χ0) is 11.9. The van der Waals surface area contributed by atoms with E-state index in [1.807, 2.05) is 16.9 Å². The minimum absolute atomic E-state index is 0.981. The first-order valence-electron chi connectivity index (χ1n) is 6.09. The summed E-state index contributed by atoms with van der Waals surface area (Å²) in [6.45, 7) is 1.00. The molecule has 2 aromatic rings. The van der Waals surface area contributed by atoms with Crippen molar-refractivity contribution in [3.05, 3.63) is 42.7 Å². The molecule has 1 aromatic heterocycles. The van der Waals surface area contributed by atoms with E-state index in [1.54, 1.807) is 0 Å². The topological polar surface area (TPSA) is 17.8 Å². The maximum absolute atomic E-state index is 4.39. The number of aryl methyl sites for hydroxylation is 1. The molecule has 0 aliphatic rings. The summed E-state index contributed by atoms with van der Waals surface area (Å²) in [5.74, 6) is 0.981. The molecule has 90 valence electrons. The van der Waals surface area contributed by atoms with Crippen LogP contribution in [0.1, 0.15) is 19.3 Å². The molecular formula is C14H18N2S. The van der Waals surface area contributed by atoms with Crippen molar-refractivity contribution in [2.45, 2.75) is 25.8 Å². The molecule has 0 fully saturated rings. The monoisotopic (exact) mass is 246 g/mol. The highest BCUT2D eigenvalue weighted by atomic mass is 32.1. The summed E-state index contributed by atoms with van der Waals surface area (Å²) in [5, 5.41) is 4.39. The van der Waals surface area contributed by atoms with Crippen LogP contribution in [0.15, 0.2) is 42.7 Å². The first kappa shape index (κ1) is 12.2. The van der Waals surface area contributed by atoms with Crippen LogP contribution in [0.4, 0.5) is 0 Å². The van der Waals surface area contributed by atoms with Crippen molar-refractivity contribution in [2.24, 2.45) is 0 Å². The van der Waals surface area contributed by atoms with Crippen LogP contribution >= 0.6 is 12.6 Å². The van der Waals surface area contributed by atoms with E-state index in [4.69, 9.17) is 0 Å². The second-order valence-electron chi connectivity index (χ2n) is 4.14. The molecule has 0 unspecified atom stereocenters. The zero-order valence-electron chi connectivity index (χ0n) is 9.92. The Morgan fingerprint density at radius 3 is 2.59 bits per heavy atom. The molecule has 0 aliphatic carbocycles. The molecule has 0 amide bonds. The van der Waals surface area contributed by atoms with Crippen molar-refractivity contribution in [3.8, 4) is 11.1 Å². The molecule has 0 spiro atoms. The quantitative estimate of drug-likeness (QED) is 0.608. The third-order valence-electron chi connectivity index (χ3n) is 2.79. The normalized spacial score (nSPS) is 10.6. The van der Waals surface area contributed by atoms with Crippen LogP contribution in [0, 0.1) is 0 Å². The van der Waals surface area contributed by atoms with Crippen molar-refractivity contribution in [3.63, 3.8) is 0 Å². The van der Waals surface area contributed by atoms with Gasteiger partial charge in [0.25, 0.3) is 0 Å². The van der Waals surface area contributed by atoms with Gasteiger partial charge in [0.05, 0.1) is 6.20 Å². The highest BCUT2D eigenvalue weighted by molar-refractivity contribution is 7.80. The van der Waals surface area contributed by atoms with Crippen LogP contribution in [0.5, 0.6) is 0 Å². The lowest BCUT2D eigenvalue weighted by Gasteiger charge is -2.00. The van der Waals surface area contributed by atoms with E-state index in [2.05, 4.69) is 48.2 Å². The number of hydrogen-bond acceptors (Lipinski definition) is 2. The van der Waals surface area contributed by atoms with Crippen LogP contribution in [-0.2, 0) is 6.54 Å². The van der Waals surface area contributed by atoms with Gasteiger partial charge in [-0.2, -0.15) is 17.7 Å². The first-order valence-corrected chi connectivity index (χ1v) is 6.72. The molecule has 0 atom stereocenters. The van der Waals surface area contributed by atoms with Gasteiger partial charge >= 0.3 is 0 Å². The number of aromatic nitrogens is 2. The van der Waals surface area contributed by atoms with Crippen LogP contribution in [0.25, 0.3) is 11.1 Å². The Kier molecular flexibility index (Phi) is 4.68. The number of rotatable bonds is 6. The molecule has 0 aliphatic heterocycles. The molecular weight excluding hydrogens is 228 g/mol. The Labute approximate surface area is 108 Å². The highest BCUT2D eigenvalue weighted by Gasteiger charge is 2.00. The van der Waals surface area contributed by atoms with Crippen LogP contribution in [0.2, 0.25) is 0 Å². The fraction of sp³-hybridized carbons (Fsp3) is 0.357. The predicted octanol–water partition coefficient (Wildman–Crippen LogP) is 3.65. The molecule has 2 rings (SSSR count). The average Bonchev–Trinajstić information content (AvgIpc) is 2.85. The summed E-state index contributed by atoms with van der Waals surface area (Å²) in [6.07, 6.45) is 7.65. The number of thiol groups is 1. The Balaban J connectivity index is 1.92. The summed E-state index contributed by atoms with van der Waals surface area (Å²) in [4.78, 5) is 0. The fourth-order valence-corrected chi connectivity index (χ4v) is 2.05. The van der Waals surface area contributed by atoms with Gasteiger partial charge in [0, 0.05) is 18.3 Å². The molecule has 0 N–H and O–H groups in total. The summed E-state index contributed by atoms with van der Waals surface area (Å²) in [5.41, 5.74) is 2.42. The molecule has 0 saturated carbocycles. The molecule has 0 saturated heterocycles. The minimum Gasteiger partial charge on any atom is -0.272 e. The number of hydrogen-bond donors (Lipinski definition) is 1. The van der Waals surface area contributed by atoms with Gasteiger partial charge in [0.15, 0.2) is 0 Å². The van der Waals surface area contributed by atoms with Crippen molar-refractivity contribution in [2.75, 3.05) is 5.75 Å². The Bertz CT molecular complexity index is 436. The van der Waals surface area contributed by atoms with Crippen molar-refractivity contribution in [1.29, 1.82) is 0 Å². The summed E-state index contributed by atoms with van der Waals surface area (Å²) >= 11 is 4.21. The van der Waals surface area contributed by atoms with Crippen molar-refractivity contribution < 1.29 is 0 Å². The summed E-state index contributed by atoms with van der Waals surface area (Å²) in [7, 11) is 0. The third kappa shape index (κ3) is 3.63. The standard InChI is InChI=1S/C14H18N2S/c17-10-6-2-5-9-16-12-14(11-15-16)13-7-3-1-4-8-13/h1,3-4,7-8,11-12,17H,2,5-6,9-10H2. The minimum atomic E-state index is 0.981. The maximum atomic E-state index is 4.39. The number of unbranched alkanes of at least 4 members (excludes halogenated alkanes) is 2.